The van der Waals surface area contributed by atoms with Gasteiger partial charge in [0.1, 0.15) is 11.5 Å². The van der Waals surface area contributed by atoms with Gasteiger partial charge >= 0.3 is 0 Å². The Balaban J connectivity index is 1.62. The molecule has 0 aliphatic carbocycles. The first-order valence-corrected chi connectivity index (χ1v) is 14.6. The monoisotopic (exact) mass is 539 g/mol. The minimum atomic E-state index is 0.0500. The van der Waals surface area contributed by atoms with Crippen LogP contribution < -0.4 is 5.32 Å². The Bertz CT molecular complexity index is 1940. The van der Waals surface area contributed by atoms with Crippen molar-refractivity contribution in [3.8, 4) is 5.69 Å². The van der Waals surface area contributed by atoms with Crippen molar-refractivity contribution < 1.29 is 0 Å². The highest BCUT2D eigenvalue weighted by Gasteiger charge is 2.20. The van der Waals surface area contributed by atoms with Gasteiger partial charge in [0.05, 0.1) is 5.69 Å². The molecule has 0 aliphatic rings. The number of aryl methyl sites for hydroxylation is 3. The van der Waals surface area contributed by atoms with E-state index >= 15 is 0 Å². The molecule has 3 nitrogen and oxygen atoms in total. The van der Waals surface area contributed by atoms with Crippen LogP contribution in [0.15, 0.2) is 79.0 Å². The lowest BCUT2D eigenvalue weighted by molar-refractivity contribution is 0.590. The molecule has 0 bridgehead atoms. The summed E-state index contributed by atoms with van der Waals surface area (Å²) in [6, 6.07) is 27.1. The summed E-state index contributed by atoms with van der Waals surface area (Å²) in [4.78, 5) is 5.20. The van der Waals surface area contributed by atoms with Crippen molar-refractivity contribution in [2.45, 2.75) is 73.1 Å². The zero-order valence-electron chi connectivity index (χ0n) is 25.9. The maximum atomic E-state index is 5.20. The zero-order chi connectivity index (χ0) is 29.3. The first-order valence-electron chi connectivity index (χ1n) is 14.6. The lowest BCUT2D eigenvalue weighted by Gasteiger charge is -2.23. The maximum Gasteiger partial charge on any atom is 0.146 e. The maximum absolute atomic E-state index is 5.20. The Morgan fingerprint density at radius 2 is 1.24 bits per heavy atom. The van der Waals surface area contributed by atoms with E-state index in [0.717, 1.165) is 22.5 Å². The van der Waals surface area contributed by atoms with Gasteiger partial charge in [-0.2, -0.15) is 0 Å². The van der Waals surface area contributed by atoms with Crippen LogP contribution in [0.5, 0.6) is 0 Å². The quantitative estimate of drug-likeness (QED) is 0.227. The van der Waals surface area contributed by atoms with E-state index in [1.165, 1.54) is 55.0 Å². The van der Waals surface area contributed by atoms with Gasteiger partial charge in [-0.1, -0.05) is 89.6 Å². The Labute approximate surface area is 244 Å². The van der Waals surface area contributed by atoms with E-state index in [4.69, 9.17) is 4.98 Å². The third-order valence-electron chi connectivity index (χ3n) is 8.37. The van der Waals surface area contributed by atoms with E-state index in [-0.39, 0.29) is 10.8 Å². The number of anilines is 2. The molecule has 0 spiro atoms. The third kappa shape index (κ3) is 4.88. The molecule has 0 radical (unpaired) electrons. The minimum absolute atomic E-state index is 0.0500. The van der Waals surface area contributed by atoms with Gasteiger partial charge in [-0.25, -0.2) is 4.98 Å². The molecule has 1 N–H and O–H groups in total. The first kappa shape index (κ1) is 27.1. The van der Waals surface area contributed by atoms with E-state index in [0.29, 0.717) is 0 Å². The fourth-order valence-electron chi connectivity index (χ4n) is 6.05. The molecule has 0 aliphatic heterocycles. The number of nitrogens with one attached hydrogen (secondary N) is 1. The van der Waals surface area contributed by atoms with Crippen molar-refractivity contribution in [1.82, 2.24) is 9.55 Å². The van der Waals surface area contributed by atoms with Gasteiger partial charge in [-0.05, 0) is 95.0 Å². The van der Waals surface area contributed by atoms with Gasteiger partial charge in [0, 0.05) is 28.0 Å². The lowest BCUT2D eigenvalue weighted by atomic mass is 9.83. The molecule has 0 saturated heterocycles. The van der Waals surface area contributed by atoms with Crippen LogP contribution in [0.1, 0.15) is 69.4 Å². The summed E-state index contributed by atoms with van der Waals surface area (Å²) in [5, 5.41) is 9.73. The molecule has 0 atom stereocenters. The second kappa shape index (κ2) is 9.48. The summed E-state index contributed by atoms with van der Waals surface area (Å²) in [6.07, 6.45) is 2.18. The molecule has 6 rings (SSSR count). The molecule has 0 fully saturated rings. The van der Waals surface area contributed by atoms with Crippen molar-refractivity contribution in [3.05, 3.63) is 107 Å². The van der Waals surface area contributed by atoms with Crippen molar-refractivity contribution >= 4 is 44.1 Å². The number of aromatic nitrogens is 2. The summed E-state index contributed by atoms with van der Waals surface area (Å²) in [5.74, 6) is 0.849. The van der Waals surface area contributed by atoms with E-state index in [1.54, 1.807) is 0 Å². The normalized spacial score (nSPS) is 12.5. The fraction of sp³-hybridized carbons (Fsp3) is 0.289. The van der Waals surface area contributed by atoms with E-state index in [2.05, 4.69) is 151 Å². The molecule has 0 unspecified atom stereocenters. The second-order valence-electron chi connectivity index (χ2n) is 13.8. The van der Waals surface area contributed by atoms with Gasteiger partial charge in [0.15, 0.2) is 0 Å². The van der Waals surface area contributed by atoms with Crippen LogP contribution in [0.4, 0.5) is 11.5 Å². The molecule has 4 aromatic carbocycles. The number of fused-ring (bicyclic) bond motifs is 3. The summed E-state index contributed by atoms with van der Waals surface area (Å²) in [5.41, 5.74) is 9.78. The van der Waals surface area contributed by atoms with Gasteiger partial charge in [0.2, 0.25) is 0 Å². The molecular weight excluding hydrogens is 498 g/mol. The van der Waals surface area contributed by atoms with Gasteiger partial charge in [-0.3, -0.25) is 0 Å². The van der Waals surface area contributed by atoms with Crippen molar-refractivity contribution in [3.63, 3.8) is 0 Å². The fourth-order valence-corrected chi connectivity index (χ4v) is 6.05. The predicted octanol–water partition coefficient (Wildman–Crippen LogP) is 10.6. The molecule has 208 valence electrons. The molecular formula is C38H41N3. The highest BCUT2D eigenvalue weighted by molar-refractivity contribution is 6.08. The second-order valence-corrected chi connectivity index (χ2v) is 13.8. The Hall–Kier alpha value is -4.11. The summed E-state index contributed by atoms with van der Waals surface area (Å²) < 4.78 is 2.29. The van der Waals surface area contributed by atoms with Gasteiger partial charge < -0.3 is 9.88 Å². The summed E-state index contributed by atoms with van der Waals surface area (Å²) >= 11 is 0. The lowest BCUT2D eigenvalue weighted by Crippen LogP contribution is -2.11. The molecule has 2 heterocycles. The number of hydrogen-bond acceptors (Lipinski definition) is 2. The average Bonchev–Trinajstić information content (AvgIpc) is 3.30. The van der Waals surface area contributed by atoms with Crippen LogP contribution in [0.3, 0.4) is 0 Å². The Morgan fingerprint density at radius 1 is 0.610 bits per heavy atom. The van der Waals surface area contributed by atoms with Crippen LogP contribution in [0.25, 0.3) is 38.3 Å². The first-order chi connectivity index (χ1) is 19.3. The molecule has 0 amide bonds. The minimum Gasteiger partial charge on any atom is -0.340 e. The largest absolute Gasteiger partial charge is 0.340 e. The van der Waals surface area contributed by atoms with Crippen LogP contribution in [0.2, 0.25) is 0 Å². The standard InChI is InChI=1S/C38H41N3/c1-23-18-24(2)34(25(3)19-23)39-33-15-11-26-16-17-41(36(26)40-33)35-31-14-13-29(37(4,5)6)21-28(31)20-27-10-12-30(22-32(27)35)38(7,8)9/h10-22H,1-9H3,(H,39,40). The van der Waals surface area contributed by atoms with Crippen LogP contribution in [0, 0.1) is 20.8 Å². The summed E-state index contributed by atoms with van der Waals surface area (Å²) in [6.45, 7) is 20.1. The van der Waals surface area contributed by atoms with E-state index in [1.807, 2.05) is 0 Å². The molecule has 2 aromatic heterocycles. The van der Waals surface area contributed by atoms with Gasteiger partial charge in [0.25, 0.3) is 0 Å². The molecule has 0 saturated carbocycles. The number of hydrogen-bond donors (Lipinski definition) is 1. The van der Waals surface area contributed by atoms with Crippen LogP contribution >= 0.6 is 0 Å². The number of benzene rings is 4. The van der Waals surface area contributed by atoms with Crippen molar-refractivity contribution in [1.29, 1.82) is 0 Å². The van der Waals surface area contributed by atoms with E-state index < -0.39 is 0 Å². The van der Waals surface area contributed by atoms with E-state index in [9.17, 15) is 0 Å². The number of rotatable bonds is 3. The van der Waals surface area contributed by atoms with Crippen molar-refractivity contribution in [2.75, 3.05) is 5.32 Å². The average molecular weight is 540 g/mol. The predicted molar refractivity (Wildman–Crippen MR) is 177 cm³/mol. The highest BCUT2D eigenvalue weighted by Crippen LogP contribution is 2.38. The number of pyridine rings is 1. The molecule has 3 heteroatoms. The zero-order valence-corrected chi connectivity index (χ0v) is 25.9. The summed E-state index contributed by atoms with van der Waals surface area (Å²) in [7, 11) is 0. The Morgan fingerprint density at radius 3 is 1.93 bits per heavy atom. The topological polar surface area (TPSA) is 29.9 Å². The van der Waals surface area contributed by atoms with Crippen molar-refractivity contribution in [2.24, 2.45) is 0 Å². The Kier molecular flexibility index (Phi) is 6.26. The third-order valence-corrected chi connectivity index (χ3v) is 8.37. The van der Waals surface area contributed by atoms with Gasteiger partial charge in [-0.15, -0.1) is 0 Å². The highest BCUT2D eigenvalue weighted by atomic mass is 15.1. The SMILES string of the molecule is Cc1cc(C)c(Nc2ccc3ccn(-c4c5ccc(C(C)(C)C)cc5cc5ccc(C(C)(C)C)cc45)c3n2)c(C)c1. The van der Waals surface area contributed by atoms with Crippen LogP contribution in [-0.4, -0.2) is 9.55 Å². The van der Waals surface area contributed by atoms with Crippen LogP contribution in [-0.2, 0) is 10.8 Å². The number of nitrogens with zero attached hydrogens (tertiary/aromatic N) is 2. The smallest absolute Gasteiger partial charge is 0.146 e. The molecule has 41 heavy (non-hydrogen) atoms. The molecule has 6 aromatic rings.